The molecule has 3 aromatic rings. The Morgan fingerprint density at radius 2 is 1.88 bits per heavy atom. The molecule has 0 atom stereocenters. The number of methoxy groups -OCH3 is 1. The van der Waals surface area contributed by atoms with Gasteiger partial charge in [-0.25, -0.2) is 9.97 Å². The highest BCUT2D eigenvalue weighted by Gasteiger charge is 2.18. The summed E-state index contributed by atoms with van der Waals surface area (Å²) in [4.78, 5) is 12.5. The maximum Gasteiger partial charge on any atom is 0.213 e. The first kappa shape index (κ1) is 15.2. The fourth-order valence-electron chi connectivity index (χ4n) is 3.76. The molecule has 1 saturated carbocycles. The second-order valence-corrected chi connectivity index (χ2v) is 6.76. The highest BCUT2D eigenvalue weighted by molar-refractivity contribution is 5.83. The van der Waals surface area contributed by atoms with Crippen LogP contribution in [0.5, 0.6) is 5.88 Å². The Bertz CT molecular complexity index is 862. The topological polar surface area (TPSA) is 50.8 Å². The molecule has 0 radical (unpaired) electrons. The van der Waals surface area contributed by atoms with E-state index in [1.54, 1.807) is 7.11 Å². The molecular weight excluding hydrogens is 298 g/mol. The van der Waals surface area contributed by atoms with Gasteiger partial charge in [0.2, 0.25) is 5.88 Å². The van der Waals surface area contributed by atoms with Crippen molar-refractivity contribution in [2.75, 3.05) is 7.11 Å². The van der Waals surface area contributed by atoms with Crippen LogP contribution < -0.4 is 4.74 Å². The van der Waals surface area contributed by atoms with E-state index in [1.807, 2.05) is 18.5 Å². The summed E-state index contributed by atoms with van der Waals surface area (Å²) < 4.78 is 5.19. The number of aromatic amines is 1. The van der Waals surface area contributed by atoms with Crippen molar-refractivity contribution < 1.29 is 4.74 Å². The van der Waals surface area contributed by atoms with Gasteiger partial charge >= 0.3 is 0 Å². The van der Waals surface area contributed by atoms with Gasteiger partial charge in [0.1, 0.15) is 5.65 Å². The summed E-state index contributed by atoms with van der Waals surface area (Å²) in [6.07, 6.45) is 10.4. The van der Waals surface area contributed by atoms with Crippen LogP contribution in [0.15, 0.2) is 30.6 Å². The number of ether oxygens (including phenoxy) is 1. The van der Waals surface area contributed by atoms with Gasteiger partial charge in [-0.3, -0.25) is 0 Å². The first-order valence-corrected chi connectivity index (χ1v) is 8.74. The molecule has 0 unspecified atom stereocenters. The zero-order valence-electron chi connectivity index (χ0n) is 14.3. The van der Waals surface area contributed by atoms with Crippen molar-refractivity contribution >= 4 is 11.0 Å². The molecule has 1 fully saturated rings. The van der Waals surface area contributed by atoms with Crippen LogP contribution in [0.3, 0.4) is 0 Å². The van der Waals surface area contributed by atoms with Crippen LogP contribution in [-0.2, 0) is 0 Å². The average Bonchev–Trinajstić information content (AvgIpc) is 3.05. The molecule has 0 bridgehead atoms. The minimum absolute atomic E-state index is 0.645. The van der Waals surface area contributed by atoms with E-state index in [1.165, 1.54) is 43.2 Å². The van der Waals surface area contributed by atoms with Gasteiger partial charge in [0.15, 0.2) is 0 Å². The summed E-state index contributed by atoms with van der Waals surface area (Å²) in [7, 11) is 1.64. The first-order valence-electron chi connectivity index (χ1n) is 8.74. The van der Waals surface area contributed by atoms with E-state index >= 15 is 0 Å². The van der Waals surface area contributed by atoms with Gasteiger partial charge in [-0.1, -0.05) is 19.3 Å². The number of H-pyrrole nitrogens is 1. The van der Waals surface area contributed by atoms with Crippen LogP contribution in [0.2, 0.25) is 0 Å². The molecule has 124 valence electrons. The fourth-order valence-corrected chi connectivity index (χ4v) is 3.76. The largest absolute Gasteiger partial charge is 0.481 e. The fraction of sp³-hybridized carbons (Fsp3) is 0.400. The Labute approximate surface area is 142 Å². The minimum atomic E-state index is 0.645. The van der Waals surface area contributed by atoms with E-state index in [-0.39, 0.29) is 0 Å². The van der Waals surface area contributed by atoms with E-state index in [0.29, 0.717) is 11.8 Å². The van der Waals surface area contributed by atoms with Crippen LogP contribution in [-0.4, -0.2) is 22.1 Å². The number of nitrogens with zero attached hydrogens (tertiary/aromatic N) is 2. The predicted octanol–water partition coefficient (Wildman–Crippen LogP) is 4.99. The number of hydrogen-bond acceptors (Lipinski definition) is 3. The van der Waals surface area contributed by atoms with Gasteiger partial charge < -0.3 is 9.72 Å². The molecule has 0 saturated heterocycles. The third kappa shape index (κ3) is 2.77. The van der Waals surface area contributed by atoms with Crippen LogP contribution in [0.1, 0.15) is 49.3 Å². The predicted molar refractivity (Wildman–Crippen MR) is 96.4 cm³/mol. The van der Waals surface area contributed by atoms with Crippen molar-refractivity contribution in [3.05, 3.63) is 41.9 Å². The number of rotatable bonds is 3. The van der Waals surface area contributed by atoms with E-state index in [9.17, 15) is 0 Å². The Balaban J connectivity index is 1.70. The van der Waals surface area contributed by atoms with Crippen molar-refractivity contribution in [3.63, 3.8) is 0 Å². The Morgan fingerprint density at radius 1 is 1.04 bits per heavy atom. The van der Waals surface area contributed by atoms with Crippen LogP contribution >= 0.6 is 0 Å². The number of fused-ring (bicyclic) bond motifs is 1. The second-order valence-electron chi connectivity index (χ2n) is 6.76. The maximum atomic E-state index is 5.19. The Morgan fingerprint density at radius 3 is 2.62 bits per heavy atom. The molecule has 4 heteroatoms. The molecule has 1 N–H and O–H groups in total. The van der Waals surface area contributed by atoms with Gasteiger partial charge in [-0.2, -0.15) is 0 Å². The molecule has 0 aliphatic heterocycles. The van der Waals surface area contributed by atoms with E-state index in [2.05, 4.69) is 34.0 Å². The monoisotopic (exact) mass is 321 g/mol. The number of pyridine rings is 2. The average molecular weight is 321 g/mol. The molecule has 0 amide bonds. The molecule has 1 aliphatic carbocycles. The molecule has 3 heterocycles. The van der Waals surface area contributed by atoms with Crippen LogP contribution in [0.4, 0.5) is 0 Å². The number of hydrogen-bond donors (Lipinski definition) is 1. The zero-order chi connectivity index (χ0) is 16.5. The molecule has 3 aromatic heterocycles. The number of nitrogens with one attached hydrogen (secondary N) is 1. The van der Waals surface area contributed by atoms with E-state index in [0.717, 1.165) is 22.3 Å². The lowest BCUT2D eigenvalue weighted by atomic mass is 9.87. The van der Waals surface area contributed by atoms with Crippen molar-refractivity contribution in [2.45, 2.75) is 44.9 Å². The van der Waals surface area contributed by atoms with Gasteiger partial charge in [-0.15, -0.1) is 0 Å². The standard InChI is InChI=1S/C20H23N3O/c1-13-8-19(24-2)21-12-17(13)16-9-15-10-18(23-20(15)22-11-16)14-6-4-3-5-7-14/h8-12,14H,3-7H2,1-2H3,(H,22,23). The van der Waals surface area contributed by atoms with Gasteiger partial charge in [-0.05, 0) is 43.4 Å². The third-order valence-corrected chi connectivity index (χ3v) is 5.14. The highest BCUT2D eigenvalue weighted by atomic mass is 16.5. The van der Waals surface area contributed by atoms with E-state index < -0.39 is 0 Å². The van der Waals surface area contributed by atoms with E-state index in [4.69, 9.17) is 4.74 Å². The first-order chi connectivity index (χ1) is 11.7. The summed E-state index contributed by atoms with van der Waals surface area (Å²) in [6, 6.07) is 6.46. The normalized spacial score (nSPS) is 15.8. The minimum Gasteiger partial charge on any atom is -0.481 e. The summed E-state index contributed by atoms with van der Waals surface area (Å²) in [5.74, 6) is 1.31. The maximum absolute atomic E-state index is 5.19. The zero-order valence-corrected chi connectivity index (χ0v) is 14.3. The van der Waals surface area contributed by atoms with Gasteiger partial charge in [0, 0.05) is 40.7 Å². The summed E-state index contributed by atoms with van der Waals surface area (Å²) in [5, 5.41) is 1.18. The quantitative estimate of drug-likeness (QED) is 0.739. The molecule has 0 aromatic carbocycles. The lowest BCUT2D eigenvalue weighted by Gasteiger charge is -2.20. The van der Waals surface area contributed by atoms with Crippen molar-refractivity contribution in [3.8, 4) is 17.0 Å². The van der Waals surface area contributed by atoms with Crippen molar-refractivity contribution in [1.82, 2.24) is 15.0 Å². The lowest BCUT2D eigenvalue weighted by Crippen LogP contribution is -2.04. The smallest absolute Gasteiger partial charge is 0.213 e. The second kappa shape index (κ2) is 6.27. The molecule has 4 nitrogen and oxygen atoms in total. The third-order valence-electron chi connectivity index (χ3n) is 5.14. The molecule has 0 spiro atoms. The van der Waals surface area contributed by atoms with Crippen molar-refractivity contribution in [1.29, 1.82) is 0 Å². The SMILES string of the molecule is COc1cc(C)c(-c2cnc3[nH]c(C4CCCCC4)cc3c2)cn1. The van der Waals surface area contributed by atoms with Crippen LogP contribution in [0, 0.1) is 6.92 Å². The van der Waals surface area contributed by atoms with Gasteiger partial charge in [0.05, 0.1) is 7.11 Å². The summed E-state index contributed by atoms with van der Waals surface area (Å²) >= 11 is 0. The highest BCUT2D eigenvalue weighted by Crippen LogP contribution is 2.34. The summed E-state index contributed by atoms with van der Waals surface area (Å²) in [6.45, 7) is 2.08. The molecular formula is C20H23N3O. The number of aryl methyl sites for hydroxylation is 1. The molecule has 4 rings (SSSR count). The van der Waals surface area contributed by atoms with Gasteiger partial charge in [0.25, 0.3) is 0 Å². The summed E-state index contributed by atoms with van der Waals surface area (Å²) in [5.41, 5.74) is 5.68. The number of aromatic nitrogens is 3. The molecule has 1 aliphatic rings. The Hall–Kier alpha value is -2.36. The van der Waals surface area contributed by atoms with Crippen molar-refractivity contribution in [2.24, 2.45) is 0 Å². The molecule has 24 heavy (non-hydrogen) atoms. The lowest BCUT2D eigenvalue weighted by molar-refractivity contribution is 0.397. The Kier molecular flexibility index (Phi) is 3.97. The van der Waals surface area contributed by atoms with Crippen LogP contribution in [0.25, 0.3) is 22.2 Å².